The van der Waals surface area contributed by atoms with Crippen LogP contribution in [0, 0.1) is 12.8 Å². The van der Waals surface area contributed by atoms with Gasteiger partial charge in [-0.05, 0) is 69.6 Å². The maximum atomic E-state index is 12.9. The van der Waals surface area contributed by atoms with Crippen LogP contribution in [0.4, 0.5) is 5.69 Å². The van der Waals surface area contributed by atoms with Crippen LogP contribution in [-0.4, -0.2) is 46.9 Å². The van der Waals surface area contributed by atoms with Gasteiger partial charge < -0.3 is 20.9 Å². The van der Waals surface area contributed by atoms with Gasteiger partial charge in [-0.25, -0.2) is 0 Å². The van der Waals surface area contributed by atoms with Gasteiger partial charge in [0.1, 0.15) is 11.7 Å². The van der Waals surface area contributed by atoms with Gasteiger partial charge in [-0.3, -0.25) is 14.4 Å². The molecule has 2 aliphatic heterocycles. The van der Waals surface area contributed by atoms with Gasteiger partial charge in [0.2, 0.25) is 11.8 Å². The molecule has 1 aliphatic carbocycles. The quantitative estimate of drug-likeness (QED) is 0.693. The van der Waals surface area contributed by atoms with Crippen molar-refractivity contribution in [3.05, 3.63) is 29.3 Å². The fourth-order valence-corrected chi connectivity index (χ4v) is 5.09. The number of nitrogens with one attached hydrogen (secondary N) is 3. The maximum Gasteiger partial charge on any atom is 0.255 e. The zero-order valence-electron chi connectivity index (χ0n) is 18.8. The van der Waals surface area contributed by atoms with Crippen LogP contribution in [0.1, 0.15) is 74.7 Å². The molecule has 31 heavy (non-hydrogen) atoms. The topological polar surface area (TPSA) is 90.5 Å². The smallest absolute Gasteiger partial charge is 0.255 e. The number of hydrogen-bond acceptors (Lipinski definition) is 4. The zero-order chi connectivity index (χ0) is 22.2. The highest BCUT2D eigenvalue weighted by atomic mass is 16.2. The highest BCUT2D eigenvalue weighted by Gasteiger charge is 2.42. The Morgan fingerprint density at radius 3 is 2.65 bits per heavy atom. The van der Waals surface area contributed by atoms with Crippen LogP contribution in [0.15, 0.2) is 18.2 Å². The van der Waals surface area contributed by atoms with Crippen molar-refractivity contribution in [1.29, 1.82) is 0 Å². The van der Waals surface area contributed by atoms with E-state index in [1.54, 1.807) is 4.90 Å². The number of aryl methyl sites for hydroxylation is 1. The molecule has 1 aromatic carbocycles. The van der Waals surface area contributed by atoms with Crippen molar-refractivity contribution in [1.82, 2.24) is 15.5 Å². The highest BCUT2D eigenvalue weighted by Crippen LogP contribution is 2.33. The SMILES string of the molecule is Cc1ccc2c(c1)N[C@@]1(CCC(=O)N([C@@H](C)C(=O)NC3CCC(C)CC3)CC1)NC2=O. The largest absolute Gasteiger partial charge is 0.362 e. The van der Waals surface area contributed by atoms with Gasteiger partial charge in [0.05, 0.1) is 5.56 Å². The predicted octanol–water partition coefficient (Wildman–Crippen LogP) is 2.94. The standard InChI is InChI=1S/C24H34N4O3/c1-15-4-7-18(8-5-15)25-22(30)17(3)28-13-12-24(11-10-21(28)29)26-20-14-16(2)6-9-19(20)23(31)27-24/h6,9,14-15,17-18,26H,4-5,7-8,10-13H2,1-3H3,(H,25,30)(H,27,31)/t15?,17-,18?,24-/m0/s1. The summed E-state index contributed by atoms with van der Waals surface area (Å²) in [7, 11) is 0. The minimum atomic E-state index is -0.669. The first-order valence-electron chi connectivity index (χ1n) is 11.6. The summed E-state index contributed by atoms with van der Waals surface area (Å²) in [6, 6.07) is 5.41. The molecule has 3 N–H and O–H groups in total. The third-order valence-electron chi connectivity index (χ3n) is 7.22. The van der Waals surface area contributed by atoms with Crippen molar-refractivity contribution in [2.24, 2.45) is 5.92 Å². The molecular formula is C24H34N4O3. The predicted molar refractivity (Wildman–Crippen MR) is 120 cm³/mol. The number of benzene rings is 1. The lowest BCUT2D eigenvalue weighted by Crippen LogP contribution is -2.58. The van der Waals surface area contributed by atoms with Gasteiger partial charge >= 0.3 is 0 Å². The number of likely N-dealkylation sites (tertiary alicyclic amines) is 1. The van der Waals surface area contributed by atoms with Crippen LogP contribution in [0.2, 0.25) is 0 Å². The number of rotatable bonds is 3. The second-order valence-electron chi connectivity index (χ2n) is 9.69. The van der Waals surface area contributed by atoms with Crippen LogP contribution < -0.4 is 16.0 Å². The summed E-state index contributed by atoms with van der Waals surface area (Å²) < 4.78 is 0. The van der Waals surface area contributed by atoms with Crippen LogP contribution in [-0.2, 0) is 9.59 Å². The molecule has 1 saturated carbocycles. The summed E-state index contributed by atoms with van der Waals surface area (Å²) in [5.41, 5.74) is 1.84. The number of hydrogen-bond donors (Lipinski definition) is 3. The molecule has 7 nitrogen and oxygen atoms in total. The minimum Gasteiger partial charge on any atom is -0.362 e. The Kier molecular flexibility index (Phi) is 5.95. The van der Waals surface area contributed by atoms with Gasteiger partial charge in [0, 0.05) is 31.1 Å². The number of nitrogens with zero attached hydrogens (tertiary/aromatic N) is 1. The zero-order valence-corrected chi connectivity index (χ0v) is 18.8. The van der Waals surface area contributed by atoms with E-state index in [9.17, 15) is 14.4 Å². The molecule has 0 aromatic heterocycles. The van der Waals surface area contributed by atoms with Gasteiger partial charge in [0.25, 0.3) is 5.91 Å². The molecule has 2 fully saturated rings. The first kappa shape index (κ1) is 21.7. The summed E-state index contributed by atoms with van der Waals surface area (Å²) in [5, 5.41) is 9.74. The van der Waals surface area contributed by atoms with Crippen LogP contribution in [0.25, 0.3) is 0 Å². The molecular weight excluding hydrogens is 392 g/mol. The van der Waals surface area contributed by atoms with Gasteiger partial charge in [-0.1, -0.05) is 13.0 Å². The van der Waals surface area contributed by atoms with E-state index in [-0.39, 0.29) is 30.2 Å². The molecule has 4 rings (SSSR count). The van der Waals surface area contributed by atoms with Crippen LogP contribution in [0.3, 0.4) is 0 Å². The van der Waals surface area contributed by atoms with Gasteiger partial charge in [0.15, 0.2) is 0 Å². The lowest BCUT2D eigenvalue weighted by molar-refractivity contribution is -0.139. The number of amides is 3. The third-order valence-corrected chi connectivity index (χ3v) is 7.22. The molecule has 168 valence electrons. The molecule has 3 aliphatic rings. The molecule has 3 amide bonds. The highest BCUT2D eigenvalue weighted by molar-refractivity contribution is 6.02. The molecule has 0 radical (unpaired) electrons. The molecule has 0 bridgehead atoms. The fraction of sp³-hybridized carbons (Fsp3) is 0.625. The van der Waals surface area contributed by atoms with Crippen molar-refractivity contribution in [3.8, 4) is 0 Å². The van der Waals surface area contributed by atoms with Crippen LogP contribution >= 0.6 is 0 Å². The van der Waals surface area contributed by atoms with Crippen molar-refractivity contribution in [2.45, 2.75) is 83.5 Å². The third kappa shape index (κ3) is 4.55. The molecule has 1 saturated heterocycles. The summed E-state index contributed by atoms with van der Waals surface area (Å²) in [5.74, 6) is 0.487. The average molecular weight is 427 g/mol. The van der Waals surface area contributed by atoms with Gasteiger partial charge in [-0.2, -0.15) is 0 Å². The van der Waals surface area contributed by atoms with E-state index in [4.69, 9.17) is 0 Å². The second kappa shape index (κ2) is 8.52. The van der Waals surface area contributed by atoms with Crippen molar-refractivity contribution in [2.75, 3.05) is 11.9 Å². The van der Waals surface area contributed by atoms with E-state index in [1.165, 1.54) is 0 Å². The summed E-state index contributed by atoms with van der Waals surface area (Å²) in [4.78, 5) is 40.2. The lowest BCUT2D eigenvalue weighted by atomic mass is 9.87. The number of carbonyl (C=O) groups excluding carboxylic acids is 3. The number of fused-ring (bicyclic) bond motifs is 1. The summed E-state index contributed by atoms with van der Waals surface area (Å²) in [6.45, 7) is 6.47. The second-order valence-corrected chi connectivity index (χ2v) is 9.69. The molecule has 2 atom stereocenters. The van der Waals surface area contributed by atoms with E-state index >= 15 is 0 Å². The average Bonchev–Trinajstić information content (AvgIpc) is 2.88. The minimum absolute atomic E-state index is 0.0390. The summed E-state index contributed by atoms with van der Waals surface area (Å²) >= 11 is 0. The first-order valence-corrected chi connectivity index (χ1v) is 11.6. The Hall–Kier alpha value is -2.57. The van der Waals surface area contributed by atoms with E-state index in [0.717, 1.165) is 42.9 Å². The molecule has 1 aromatic rings. The Balaban J connectivity index is 1.43. The molecule has 2 heterocycles. The van der Waals surface area contributed by atoms with Crippen molar-refractivity contribution >= 4 is 23.4 Å². The maximum absolute atomic E-state index is 12.9. The van der Waals surface area contributed by atoms with Gasteiger partial charge in [-0.15, -0.1) is 0 Å². The van der Waals surface area contributed by atoms with Crippen molar-refractivity contribution in [3.63, 3.8) is 0 Å². The van der Waals surface area contributed by atoms with E-state index in [2.05, 4.69) is 22.9 Å². The summed E-state index contributed by atoms with van der Waals surface area (Å²) in [6.07, 6.45) is 5.62. The fourth-order valence-electron chi connectivity index (χ4n) is 5.09. The number of anilines is 1. The van der Waals surface area contributed by atoms with Crippen LogP contribution in [0.5, 0.6) is 0 Å². The van der Waals surface area contributed by atoms with E-state index in [0.29, 0.717) is 24.9 Å². The Morgan fingerprint density at radius 1 is 1.16 bits per heavy atom. The Labute approximate surface area is 184 Å². The molecule has 0 unspecified atom stereocenters. The Morgan fingerprint density at radius 2 is 1.90 bits per heavy atom. The first-order chi connectivity index (χ1) is 14.8. The lowest BCUT2D eigenvalue weighted by Gasteiger charge is -2.40. The number of carbonyl (C=O) groups is 3. The normalized spacial score (nSPS) is 29.5. The van der Waals surface area contributed by atoms with Crippen molar-refractivity contribution < 1.29 is 14.4 Å². The Bertz CT molecular complexity index is 878. The van der Waals surface area contributed by atoms with E-state index < -0.39 is 11.7 Å². The van der Waals surface area contributed by atoms with E-state index in [1.807, 2.05) is 32.0 Å². The monoisotopic (exact) mass is 426 g/mol. The molecule has 7 heteroatoms. The molecule has 1 spiro atoms.